The van der Waals surface area contributed by atoms with Crippen LogP contribution in [0.2, 0.25) is 0 Å². The lowest BCUT2D eigenvalue weighted by Crippen LogP contribution is -2.33. The molecule has 3 rings (SSSR count). The molecule has 0 saturated carbocycles. The number of piperidine rings is 1. The van der Waals surface area contributed by atoms with E-state index >= 15 is 0 Å². The van der Waals surface area contributed by atoms with Gasteiger partial charge in [0.1, 0.15) is 0 Å². The van der Waals surface area contributed by atoms with Gasteiger partial charge in [0.2, 0.25) is 0 Å². The SMILES string of the molecule is CCc1cccc(NSc2ccc(SN(C)C)s2)c1N1CCC(C)CC1. The van der Waals surface area contributed by atoms with E-state index in [1.54, 1.807) is 23.9 Å². The molecule has 1 saturated heterocycles. The van der Waals surface area contributed by atoms with Crippen molar-refractivity contribution >= 4 is 46.6 Å². The van der Waals surface area contributed by atoms with Crippen LogP contribution in [0.3, 0.4) is 0 Å². The summed E-state index contributed by atoms with van der Waals surface area (Å²) < 4.78 is 8.40. The Hall–Kier alpha value is -0.820. The van der Waals surface area contributed by atoms with Gasteiger partial charge in [0.15, 0.2) is 0 Å². The fourth-order valence-corrected chi connectivity index (χ4v) is 6.31. The smallest absolute Gasteiger partial charge is 0.0820 e. The number of rotatable bonds is 7. The summed E-state index contributed by atoms with van der Waals surface area (Å²) in [6, 6.07) is 11.1. The number of anilines is 2. The number of nitrogens with zero attached hydrogens (tertiary/aromatic N) is 2. The Balaban J connectivity index is 1.74. The Morgan fingerprint density at radius 1 is 1.15 bits per heavy atom. The molecule has 1 aliphatic heterocycles. The predicted molar refractivity (Wildman–Crippen MR) is 120 cm³/mol. The van der Waals surface area contributed by atoms with E-state index in [4.69, 9.17) is 0 Å². The number of thiophene rings is 1. The second-order valence-corrected chi connectivity index (χ2v) is 10.8. The van der Waals surface area contributed by atoms with Crippen LogP contribution in [0.4, 0.5) is 11.4 Å². The summed E-state index contributed by atoms with van der Waals surface area (Å²) in [6.45, 7) is 6.96. The molecule has 0 spiro atoms. The van der Waals surface area contributed by atoms with Gasteiger partial charge in [-0.15, -0.1) is 11.3 Å². The van der Waals surface area contributed by atoms with Crippen LogP contribution in [0, 0.1) is 5.92 Å². The molecule has 0 amide bonds. The second kappa shape index (κ2) is 9.40. The minimum atomic E-state index is 0.851. The average molecular weight is 408 g/mol. The van der Waals surface area contributed by atoms with Gasteiger partial charge >= 0.3 is 0 Å². The number of nitrogens with one attached hydrogen (secondary N) is 1. The summed E-state index contributed by atoms with van der Waals surface area (Å²) in [5, 5.41) is 0. The van der Waals surface area contributed by atoms with E-state index in [1.165, 1.54) is 51.3 Å². The highest BCUT2D eigenvalue weighted by atomic mass is 32.2. The van der Waals surface area contributed by atoms with E-state index in [2.05, 4.69) is 72.2 Å². The summed E-state index contributed by atoms with van der Waals surface area (Å²) in [5.74, 6) is 0.851. The minimum absolute atomic E-state index is 0.851. The Kier molecular flexibility index (Phi) is 7.20. The molecule has 0 bridgehead atoms. The summed E-state index contributed by atoms with van der Waals surface area (Å²) in [6.07, 6.45) is 3.66. The summed E-state index contributed by atoms with van der Waals surface area (Å²) in [7, 11) is 4.16. The van der Waals surface area contributed by atoms with Crippen molar-refractivity contribution in [2.24, 2.45) is 5.92 Å². The summed E-state index contributed by atoms with van der Waals surface area (Å²) in [5.41, 5.74) is 4.10. The third-order valence-electron chi connectivity index (χ3n) is 4.69. The lowest BCUT2D eigenvalue weighted by atomic mass is 9.97. The zero-order chi connectivity index (χ0) is 18.5. The molecule has 0 unspecified atom stereocenters. The Bertz CT molecular complexity index is 706. The summed E-state index contributed by atoms with van der Waals surface area (Å²) >= 11 is 5.35. The third-order valence-corrected chi connectivity index (χ3v) is 7.68. The highest BCUT2D eigenvalue weighted by molar-refractivity contribution is 8.03. The van der Waals surface area contributed by atoms with E-state index in [9.17, 15) is 0 Å². The molecule has 1 aromatic carbocycles. The molecule has 1 fully saturated rings. The van der Waals surface area contributed by atoms with Crippen molar-refractivity contribution in [3.63, 3.8) is 0 Å². The van der Waals surface area contributed by atoms with Crippen LogP contribution in [-0.2, 0) is 6.42 Å². The second-order valence-electron chi connectivity index (χ2n) is 7.02. The van der Waals surface area contributed by atoms with Crippen molar-refractivity contribution in [2.75, 3.05) is 36.8 Å². The highest BCUT2D eigenvalue weighted by Crippen LogP contribution is 2.38. The lowest BCUT2D eigenvalue weighted by Gasteiger charge is -2.35. The zero-order valence-corrected chi connectivity index (χ0v) is 18.6. The van der Waals surface area contributed by atoms with Crippen molar-refractivity contribution in [2.45, 2.75) is 41.5 Å². The van der Waals surface area contributed by atoms with Gasteiger partial charge in [0.05, 0.1) is 19.8 Å². The number of hydrogen-bond donors (Lipinski definition) is 1. The maximum atomic E-state index is 3.64. The standard InChI is InChI=1S/C20H29N3S3/c1-5-16-7-6-8-17(20(16)23-13-11-15(2)12-14-23)21-25-18-9-10-19(24-18)26-22(3)4/h6-10,15,21H,5,11-14H2,1-4H3. The maximum Gasteiger partial charge on any atom is 0.0820 e. The van der Waals surface area contributed by atoms with Crippen LogP contribution < -0.4 is 9.62 Å². The monoisotopic (exact) mass is 407 g/mol. The van der Waals surface area contributed by atoms with Gasteiger partial charge in [-0.1, -0.05) is 26.0 Å². The molecule has 26 heavy (non-hydrogen) atoms. The molecule has 0 atom stereocenters. The van der Waals surface area contributed by atoms with Crippen molar-refractivity contribution < 1.29 is 0 Å². The molecule has 0 radical (unpaired) electrons. The predicted octanol–water partition coefficient (Wildman–Crippen LogP) is 6.23. The molecule has 142 valence electrons. The van der Waals surface area contributed by atoms with Gasteiger partial charge in [-0.05, 0) is 86.9 Å². The summed E-state index contributed by atoms with van der Waals surface area (Å²) in [4.78, 5) is 2.59. The van der Waals surface area contributed by atoms with Crippen LogP contribution in [0.1, 0.15) is 32.3 Å². The molecule has 2 aromatic rings. The normalized spacial score (nSPS) is 15.7. The van der Waals surface area contributed by atoms with Gasteiger partial charge in [-0.3, -0.25) is 4.31 Å². The molecule has 1 N–H and O–H groups in total. The topological polar surface area (TPSA) is 18.5 Å². The molecular formula is C20H29N3S3. The first-order valence-electron chi connectivity index (χ1n) is 9.31. The first-order chi connectivity index (χ1) is 12.6. The Labute approximate surface area is 170 Å². The molecule has 1 aliphatic rings. The van der Waals surface area contributed by atoms with Crippen molar-refractivity contribution in [1.29, 1.82) is 0 Å². The number of aryl methyl sites for hydroxylation is 1. The van der Waals surface area contributed by atoms with Crippen molar-refractivity contribution in [3.8, 4) is 0 Å². The molecule has 6 heteroatoms. The quantitative estimate of drug-likeness (QED) is 0.546. The molecule has 3 nitrogen and oxygen atoms in total. The number of hydrogen-bond acceptors (Lipinski definition) is 6. The molecule has 2 heterocycles. The molecular weight excluding hydrogens is 378 g/mol. The number of para-hydroxylation sites is 1. The van der Waals surface area contributed by atoms with E-state index in [1.807, 2.05) is 11.3 Å². The Morgan fingerprint density at radius 3 is 2.58 bits per heavy atom. The average Bonchev–Trinajstić information content (AvgIpc) is 3.07. The van der Waals surface area contributed by atoms with Gasteiger partial charge in [-0.25, -0.2) is 0 Å². The lowest BCUT2D eigenvalue weighted by molar-refractivity contribution is 0.438. The Morgan fingerprint density at radius 2 is 1.88 bits per heavy atom. The largest absolute Gasteiger partial charge is 0.370 e. The van der Waals surface area contributed by atoms with Crippen LogP contribution in [0.5, 0.6) is 0 Å². The zero-order valence-electron chi connectivity index (χ0n) is 16.1. The van der Waals surface area contributed by atoms with Gasteiger partial charge in [0, 0.05) is 13.1 Å². The van der Waals surface area contributed by atoms with Crippen LogP contribution in [0.15, 0.2) is 38.8 Å². The minimum Gasteiger partial charge on any atom is -0.370 e. The van der Waals surface area contributed by atoms with E-state index in [0.29, 0.717) is 0 Å². The number of benzene rings is 1. The first kappa shape index (κ1) is 19.9. The first-order valence-corrected chi connectivity index (χ1v) is 11.7. The maximum absolute atomic E-state index is 3.64. The highest BCUT2D eigenvalue weighted by Gasteiger charge is 2.20. The fraction of sp³-hybridized carbons (Fsp3) is 0.500. The van der Waals surface area contributed by atoms with E-state index in [0.717, 1.165) is 12.3 Å². The van der Waals surface area contributed by atoms with Crippen LogP contribution >= 0.6 is 35.2 Å². The molecule has 1 aromatic heterocycles. The van der Waals surface area contributed by atoms with Crippen LogP contribution in [0.25, 0.3) is 0 Å². The van der Waals surface area contributed by atoms with Crippen molar-refractivity contribution in [3.05, 3.63) is 35.9 Å². The fourth-order valence-electron chi connectivity index (χ4n) is 3.26. The van der Waals surface area contributed by atoms with E-state index < -0.39 is 0 Å². The van der Waals surface area contributed by atoms with E-state index in [-0.39, 0.29) is 0 Å². The third kappa shape index (κ3) is 5.12. The van der Waals surface area contributed by atoms with Crippen LogP contribution in [-0.4, -0.2) is 31.5 Å². The van der Waals surface area contributed by atoms with Gasteiger partial charge in [0.25, 0.3) is 0 Å². The van der Waals surface area contributed by atoms with Gasteiger partial charge in [-0.2, -0.15) is 0 Å². The van der Waals surface area contributed by atoms with Gasteiger partial charge < -0.3 is 9.62 Å². The van der Waals surface area contributed by atoms with Crippen molar-refractivity contribution in [1.82, 2.24) is 4.31 Å². The molecule has 0 aliphatic carbocycles.